The standard InChI is InChI=1S/C22H24/c1-3-4-11-20-16-21(18-12-7-5-8-13-18)22(17(20)2)19-14-9-6-10-15-19/h5-10,12-15H,3-4,11,16H2,1-2H3. The molecule has 0 aliphatic heterocycles. The summed E-state index contributed by atoms with van der Waals surface area (Å²) in [5, 5.41) is 0. The predicted octanol–water partition coefficient (Wildman–Crippen LogP) is 6.51. The van der Waals surface area contributed by atoms with Crippen molar-refractivity contribution in [3.8, 4) is 0 Å². The molecule has 0 saturated carbocycles. The summed E-state index contributed by atoms with van der Waals surface area (Å²) in [5.41, 5.74) is 8.80. The van der Waals surface area contributed by atoms with Crippen molar-refractivity contribution >= 4 is 11.1 Å². The average molecular weight is 288 g/mol. The third kappa shape index (κ3) is 2.92. The van der Waals surface area contributed by atoms with Crippen LogP contribution in [0.25, 0.3) is 11.1 Å². The topological polar surface area (TPSA) is 0 Å². The lowest BCUT2D eigenvalue weighted by Gasteiger charge is -2.10. The second-order valence-electron chi connectivity index (χ2n) is 6.09. The van der Waals surface area contributed by atoms with Crippen molar-refractivity contribution < 1.29 is 0 Å². The van der Waals surface area contributed by atoms with Gasteiger partial charge < -0.3 is 0 Å². The van der Waals surface area contributed by atoms with Gasteiger partial charge in [0.25, 0.3) is 0 Å². The fourth-order valence-corrected chi connectivity index (χ4v) is 3.38. The minimum absolute atomic E-state index is 1.11. The highest BCUT2D eigenvalue weighted by atomic mass is 14.3. The number of hydrogen-bond acceptors (Lipinski definition) is 0. The normalized spacial score (nSPS) is 14.8. The molecule has 2 aromatic rings. The first-order valence-corrected chi connectivity index (χ1v) is 8.34. The Kier molecular flexibility index (Phi) is 4.58. The van der Waals surface area contributed by atoms with E-state index >= 15 is 0 Å². The number of benzene rings is 2. The molecule has 0 spiro atoms. The van der Waals surface area contributed by atoms with E-state index in [0.29, 0.717) is 0 Å². The molecule has 0 saturated heterocycles. The maximum atomic E-state index is 2.31. The van der Waals surface area contributed by atoms with Crippen LogP contribution in [0.15, 0.2) is 71.8 Å². The number of hydrogen-bond donors (Lipinski definition) is 0. The Balaban J connectivity index is 2.06. The SMILES string of the molecule is CCCCC1=C(C)C(c2ccccc2)=C(c2ccccc2)C1. The third-order valence-electron chi connectivity index (χ3n) is 4.61. The number of rotatable bonds is 5. The van der Waals surface area contributed by atoms with Gasteiger partial charge in [-0.25, -0.2) is 0 Å². The van der Waals surface area contributed by atoms with Gasteiger partial charge in [-0.3, -0.25) is 0 Å². The quantitative estimate of drug-likeness (QED) is 0.588. The van der Waals surface area contributed by atoms with Gasteiger partial charge in [-0.2, -0.15) is 0 Å². The first kappa shape index (κ1) is 14.8. The fourth-order valence-electron chi connectivity index (χ4n) is 3.38. The highest BCUT2D eigenvalue weighted by Gasteiger charge is 2.23. The molecule has 0 atom stereocenters. The van der Waals surface area contributed by atoms with Gasteiger partial charge in [0.15, 0.2) is 0 Å². The molecule has 0 nitrogen and oxygen atoms in total. The fraction of sp³-hybridized carbons (Fsp3) is 0.273. The van der Waals surface area contributed by atoms with Crippen molar-refractivity contribution in [2.45, 2.75) is 39.5 Å². The first-order chi connectivity index (χ1) is 10.8. The van der Waals surface area contributed by atoms with Gasteiger partial charge in [0.05, 0.1) is 0 Å². The van der Waals surface area contributed by atoms with Gasteiger partial charge in [-0.1, -0.05) is 79.6 Å². The maximum Gasteiger partial charge on any atom is -0.00490 e. The van der Waals surface area contributed by atoms with Crippen LogP contribution in [0.4, 0.5) is 0 Å². The monoisotopic (exact) mass is 288 g/mol. The number of unbranched alkanes of at least 4 members (excludes halogenated alkanes) is 1. The summed E-state index contributed by atoms with van der Waals surface area (Å²) < 4.78 is 0. The van der Waals surface area contributed by atoms with Crippen molar-refractivity contribution in [2.75, 3.05) is 0 Å². The van der Waals surface area contributed by atoms with Crippen LogP contribution in [0.3, 0.4) is 0 Å². The van der Waals surface area contributed by atoms with Gasteiger partial charge in [0.2, 0.25) is 0 Å². The third-order valence-corrected chi connectivity index (χ3v) is 4.61. The Bertz CT molecular complexity index is 687. The molecule has 0 heterocycles. The molecule has 0 amide bonds. The van der Waals surface area contributed by atoms with E-state index in [0.717, 1.165) is 6.42 Å². The molecule has 112 valence electrons. The van der Waals surface area contributed by atoms with E-state index in [1.165, 1.54) is 47.1 Å². The lowest BCUT2D eigenvalue weighted by atomic mass is 9.94. The van der Waals surface area contributed by atoms with Crippen molar-refractivity contribution in [2.24, 2.45) is 0 Å². The smallest absolute Gasteiger partial charge is 0.00490 e. The lowest BCUT2D eigenvalue weighted by Crippen LogP contribution is -1.88. The highest BCUT2D eigenvalue weighted by molar-refractivity contribution is 6.02. The van der Waals surface area contributed by atoms with Crippen LogP contribution in [0.2, 0.25) is 0 Å². The molecule has 0 heteroatoms. The predicted molar refractivity (Wildman–Crippen MR) is 96.5 cm³/mol. The van der Waals surface area contributed by atoms with Crippen LogP contribution in [-0.4, -0.2) is 0 Å². The second kappa shape index (κ2) is 6.79. The maximum absolute atomic E-state index is 2.31. The molecular weight excluding hydrogens is 264 g/mol. The molecule has 0 unspecified atom stereocenters. The van der Waals surface area contributed by atoms with Crippen LogP contribution in [0, 0.1) is 0 Å². The second-order valence-corrected chi connectivity index (χ2v) is 6.09. The molecule has 2 aromatic carbocycles. The molecule has 0 aromatic heterocycles. The lowest BCUT2D eigenvalue weighted by molar-refractivity contribution is 0.776. The van der Waals surface area contributed by atoms with E-state index in [1.807, 2.05) is 0 Å². The zero-order valence-corrected chi connectivity index (χ0v) is 13.6. The Labute approximate surface area is 134 Å². The molecule has 0 N–H and O–H groups in total. The highest BCUT2D eigenvalue weighted by Crippen LogP contribution is 2.44. The van der Waals surface area contributed by atoms with Crippen LogP contribution in [0.1, 0.15) is 50.7 Å². The molecule has 1 aliphatic carbocycles. The van der Waals surface area contributed by atoms with Gasteiger partial charge in [0.1, 0.15) is 0 Å². The van der Waals surface area contributed by atoms with Gasteiger partial charge in [-0.05, 0) is 54.0 Å². The van der Waals surface area contributed by atoms with Crippen molar-refractivity contribution in [3.05, 3.63) is 82.9 Å². The van der Waals surface area contributed by atoms with E-state index in [2.05, 4.69) is 74.5 Å². The van der Waals surface area contributed by atoms with Crippen LogP contribution < -0.4 is 0 Å². The summed E-state index contributed by atoms with van der Waals surface area (Å²) in [4.78, 5) is 0. The summed E-state index contributed by atoms with van der Waals surface area (Å²) in [6, 6.07) is 21.7. The van der Waals surface area contributed by atoms with E-state index in [1.54, 1.807) is 5.57 Å². The minimum Gasteiger partial charge on any atom is -0.0654 e. The van der Waals surface area contributed by atoms with Gasteiger partial charge in [0, 0.05) is 0 Å². The molecule has 0 fully saturated rings. The Morgan fingerprint density at radius 3 is 2.00 bits per heavy atom. The molecular formula is C22H24. The molecule has 0 radical (unpaired) electrons. The Morgan fingerprint density at radius 1 is 0.818 bits per heavy atom. The van der Waals surface area contributed by atoms with Crippen LogP contribution in [-0.2, 0) is 0 Å². The summed E-state index contributed by atoms with van der Waals surface area (Å²) in [6.07, 6.45) is 4.89. The molecule has 1 aliphatic rings. The minimum atomic E-state index is 1.11. The largest absolute Gasteiger partial charge is 0.0654 e. The van der Waals surface area contributed by atoms with Crippen molar-refractivity contribution in [1.29, 1.82) is 0 Å². The summed E-state index contributed by atoms with van der Waals surface area (Å²) in [6.45, 7) is 4.58. The molecule has 0 bridgehead atoms. The Morgan fingerprint density at radius 2 is 1.41 bits per heavy atom. The van der Waals surface area contributed by atoms with E-state index in [-0.39, 0.29) is 0 Å². The zero-order valence-electron chi connectivity index (χ0n) is 13.6. The average Bonchev–Trinajstić information content (AvgIpc) is 2.91. The van der Waals surface area contributed by atoms with Crippen LogP contribution in [0.5, 0.6) is 0 Å². The van der Waals surface area contributed by atoms with Crippen LogP contribution >= 0.6 is 0 Å². The Hall–Kier alpha value is -2.08. The summed E-state index contributed by atoms with van der Waals surface area (Å²) in [5.74, 6) is 0. The zero-order chi connectivity index (χ0) is 15.4. The van der Waals surface area contributed by atoms with Gasteiger partial charge in [-0.15, -0.1) is 0 Å². The van der Waals surface area contributed by atoms with Gasteiger partial charge >= 0.3 is 0 Å². The van der Waals surface area contributed by atoms with E-state index < -0.39 is 0 Å². The number of allylic oxidation sites excluding steroid dienone is 4. The first-order valence-electron chi connectivity index (χ1n) is 8.34. The molecule has 22 heavy (non-hydrogen) atoms. The van der Waals surface area contributed by atoms with E-state index in [9.17, 15) is 0 Å². The van der Waals surface area contributed by atoms with Crippen molar-refractivity contribution in [1.82, 2.24) is 0 Å². The molecule has 3 rings (SSSR count). The summed E-state index contributed by atoms with van der Waals surface area (Å²) >= 11 is 0. The van der Waals surface area contributed by atoms with Crippen molar-refractivity contribution in [3.63, 3.8) is 0 Å². The summed E-state index contributed by atoms with van der Waals surface area (Å²) in [7, 11) is 0. The van der Waals surface area contributed by atoms with E-state index in [4.69, 9.17) is 0 Å².